The molecule has 0 saturated heterocycles. The minimum absolute atomic E-state index is 0.0187. The van der Waals surface area contributed by atoms with Crippen LogP contribution in [0.15, 0.2) is 60.2 Å². The third-order valence-corrected chi connectivity index (χ3v) is 5.06. The number of hydrogen-bond donors (Lipinski definition) is 2. The molecular weight excluding hydrogens is 378 g/mol. The number of rotatable bonds is 5. The normalized spacial score (nSPS) is 10.7. The van der Waals surface area contributed by atoms with Gasteiger partial charge in [-0.25, -0.2) is 9.97 Å². The summed E-state index contributed by atoms with van der Waals surface area (Å²) in [7, 11) is 0. The summed E-state index contributed by atoms with van der Waals surface area (Å²) >= 11 is 1.43. The molecule has 8 nitrogen and oxygen atoms in total. The average molecular weight is 391 g/mol. The van der Waals surface area contributed by atoms with Crippen LogP contribution in [0.5, 0.6) is 0 Å². The maximum Gasteiger partial charge on any atom is 0.270 e. The Morgan fingerprint density at radius 2 is 1.93 bits per heavy atom. The van der Waals surface area contributed by atoms with Crippen LogP contribution in [0.2, 0.25) is 0 Å². The van der Waals surface area contributed by atoms with Crippen molar-refractivity contribution >= 4 is 44.7 Å². The topological polar surface area (TPSA) is 124 Å². The molecular formula is C19H13N5O3S. The summed E-state index contributed by atoms with van der Waals surface area (Å²) in [6.45, 7) is 0. The number of hydrogen-bond acceptors (Lipinski definition) is 7. The summed E-state index contributed by atoms with van der Waals surface area (Å²) in [6.07, 6.45) is 1.45. The number of nitrogens with one attached hydrogen (secondary N) is 1. The zero-order valence-corrected chi connectivity index (χ0v) is 15.1. The van der Waals surface area contributed by atoms with E-state index in [2.05, 4.69) is 15.3 Å². The van der Waals surface area contributed by atoms with Gasteiger partial charge in [-0.1, -0.05) is 12.1 Å². The number of nitro benzene ring substituents is 1. The molecule has 28 heavy (non-hydrogen) atoms. The summed E-state index contributed by atoms with van der Waals surface area (Å²) in [5.41, 5.74) is 7.94. The maximum absolute atomic E-state index is 11.2. The van der Waals surface area contributed by atoms with E-state index in [0.29, 0.717) is 16.9 Å². The molecule has 4 rings (SSSR count). The number of nitro groups is 1. The largest absolute Gasteiger partial charge is 0.366 e. The fourth-order valence-electron chi connectivity index (χ4n) is 2.82. The van der Waals surface area contributed by atoms with Gasteiger partial charge in [-0.05, 0) is 29.8 Å². The second kappa shape index (κ2) is 7.05. The molecule has 0 fully saturated rings. The van der Waals surface area contributed by atoms with Crippen molar-refractivity contribution in [2.24, 2.45) is 5.73 Å². The average Bonchev–Trinajstić information content (AvgIpc) is 3.14. The van der Waals surface area contributed by atoms with Gasteiger partial charge in [-0.15, -0.1) is 11.3 Å². The first-order valence-corrected chi connectivity index (χ1v) is 9.05. The van der Waals surface area contributed by atoms with Crippen LogP contribution in [0.25, 0.3) is 21.3 Å². The molecule has 0 radical (unpaired) electrons. The van der Waals surface area contributed by atoms with Crippen LogP contribution < -0.4 is 11.1 Å². The van der Waals surface area contributed by atoms with E-state index in [1.165, 1.54) is 29.8 Å². The Morgan fingerprint density at radius 3 is 2.64 bits per heavy atom. The van der Waals surface area contributed by atoms with Gasteiger partial charge in [-0.3, -0.25) is 14.9 Å². The Kier molecular flexibility index (Phi) is 4.42. The van der Waals surface area contributed by atoms with Crippen molar-refractivity contribution in [3.63, 3.8) is 0 Å². The fourth-order valence-corrected chi connectivity index (χ4v) is 3.74. The zero-order valence-electron chi connectivity index (χ0n) is 14.3. The lowest BCUT2D eigenvalue weighted by atomic mass is 10.1. The highest BCUT2D eigenvalue weighted by Crippen LogP contribution is 2.38. The quantitative estimate of drug-likeness (QED) is 0.390. The van der Waals surface area contributed by atoms with Crippen LogP contribution in [0, 0.1) is 10.1 Å². The second-order valence-corrected chi connectivity index (χ2v) is 6.78. The number of carbonyl (C=O) groups is 1. The van der Waals surface area contributed by atoms with Crippen LogP contribution in [-0.4, -0.2) is 20.8 Å². The highest BCUT2D eigenvalue weighted by Gasteiger charge is 2.15. The minimum atomic E-state index is -0.498. The number of aromatic nitrogens is 2. The highest BCUT2D eigenvalue weighted by atomic mass is 32.1. The lowest BCUT2D eigenvalue weighted by Crippen LogP contribution is -2.10. The number of thiophene rings is 1. The Balaban J connectivity index is 1.78. The van der Waals surface area contributed by atoms with E-state index >= 15 is 0 Å². The maximum atomic E-state index is 11.2. The molecule has 2 aromatic carbocycles. The van der Waals surface area contributed by atoms with Crippen LogP contribution in [0.3, 0.4) is 0 Å². The van der Waals surface area contributed by atoms with Crippen molar-refractivity contribution in [3.05, 3.63) is 75.9 Å². The lowest BCUT2D eigenvalue weighted by Gasteiger charge is -2.09. The summed E-state index contributed by atoms with van der Waals surface area (Å²) in [5.74, 6) is 0.0707. The van der Waals surface area contributed by atoms with E-state index in [1.54, 1.807) is 30.3 Å². The van der Waals surface area contributed by atoms with Crippen molar-refractivity contribution in [1.29, 1.82) is 0 Å². The standard InChI is InChI=1S/C19H13N5O3S/c20-17(25)11-4-6-13(7-5-11)23-18-16-15(9-28-19(16)22-10-21-18)12-2-1-3-14(8-12)24(26)27/h1-10H,(H2,20,25)(H,21,22,23). The van der Waals surface area contributed by atoms with Crippen molar-refractivity contribution in [2.75, 3.05) is 5.32 Å². The monoisotopic (exact) mass is 391 g/mol. The molecule has 0 aliphatic rings. The van der Waals surface area contributed by atoms with Gasteiger partial charge in [0.15, 0.2) is 0 Å². The molecule has 0 unspecified atom stereocenters. The molecule has 3 N–H and O–H groups in total. The van der Waals surface area contributed by atoms with Crippen molar-refractivity contribution < 1.29 is 9.72 Å². The highest BCUT2D eigenvalue weighted by molar-refractivity contribution is 7.17. The van der Waals surface area contributed by atoms with Crippen LogP contribution >= 0.6 is 11.3 Å². The van der Waals surface area contributed by atoms with Gasteiger partial charge in [0.25, 0.3) is 5.69 Å². The van der Waals surface area contributed by atoms with Crippen LogP contribution in [-0.2, 0) is 0 Å². The predicted octanol–water partition coefficient (Wildman–Crippen LogP) is 4.11. The van der Waals surface area contributed by atoms with Crippen LogP contribution in [0.1, 0.15) is 10.4 Å². The van der Waals surface area contributed by atoms with Gasteiger partial charge < -0.3 is 11.1 Å². The number of fused-ring (bicyclic) bond motifs is 1. The smallest absolute Gasteiger partial charge is 0.270 e. The number of non-ortho nitro benzene ring substituents is 1. The fraction of sp³-hybridized carbons (Fsp3) is 0. The lowest BCUT2D eigenvalue weighted by molar-refractivity contribution is -0.384. The number of anilines is 2. The van der Waals surface area contributed by atoms with Gasteiger partial charge in [0.1, 0.15) is 17.0 Å². The first kappa shape index (κ1) is 17.6. The SMILES string of the molecule is NC(=O)c1ccc(Nc2ncnc3scc(-c4cccc([N+](=O)[O-])c4)c23)cc1. The molecule has 138 valence electrons. The van der Waals surface area contributed by atoms with Crippen LogP contribution in [0.4, 0.5) is 17.2 Å². The molecule has 1 amide bonds. The molecule has 0 saturated carbocycles. The number of nitrogens with two attached hydrogens (primary N) is 1. The van der Waals surface area contributed by atoms with Crippen molar-refractivity contribution in [3.8, 4) is 11.1 Å². The molecule has 2 heterocycles. The van der Waals surface area contributed by atoms with E-state index in [0.717, 1.165) is 21.5 Å². The molecule has 0 atom stereocenters. The Hall–Kier alpha value is -3.85. The summed E-state index contributed by atoms with van der Waals surface area (Å²) < 4.78 is 0. The van der Waals surface area contributed by atoms with E-state index in [1.807, 2.05) is 11.4 Å². The summed E-state index contributed by atoms with van der Waals surface area (Å²) in [5, 5.41) is 17.0. The predicted molar refractivity (Wildman–Crippen MR) is 108 cm³/mol. The van der Waals surface area contributed by atoms with E-state index in [-0.39, 0.29) is 5.69 Å². The second-order valence-electron chi connectivity index (χ2n) is 5.93. The molecule has 4 aromatic rings. The number of primary amides is 1. The zero-order chi connectivity index (χ0) is 19.7. The minimum Gasteiger partial charge on any atom is -0.366 e. The van der Waals surface area contributed by atoms with Gasteiger partial charge in [0.2, 0.25) is 5.91 Å². The molecule has 0 aliphatic heterocycles. The third-order valence-electron chi connectivity index (χ3n) is 4.17. The first-order valence-electron chi connectivity index (χ1n) is 8.17. The van der Waals surface area contributed by atoms with Gasteiger partial charge in [0, 0.05) is 34.3 Å². The van der Waals surface area contributed by atoms with Gasteiger partial charge in [0.05, 0.1) is 10.3 Å². The van der Waals surface area contributed by atoms with E-state index in [9.17, 15) is 14.9 Å². The van der Waals surface area contributed by atoms with Crippen molar-refractivity contribution in [2.45, 2.75) is 0 Å². The molecule has 2 aromatic heterocycles. The number of nitrogens with zero attached hydrogens (tertiary/aromatic N) is 3. The number of amides is 1. The van der Waals surface area contributed by atoms with Gasteiger partial charge in [-0.2, -0.15) is 0 Å². The summed E-state index contributed by atoms with van der Waals surface area (Å²) in [6, 6.07) is 13.1. The van der Waals surface area contributed by atoms with E-state index < -0.39 is 10.8 Å². The molecule has 0 bridgehead atoms. The molecule has 0 spiro atoms. The first-order chi connectivity index (χ1) is 13.5. The summed E-state index contributed by atoms with van der Waals surface area (Å²) in [4.78, 5) is 31.3. The Labute approximate surface area is 162 Å². The molecule has 0 aliphatic carbocycles. The Morgan fingerprint density at radius 1 is 1.14 bits per heavy atom. The number of carbonyl (C=O) groups excluding carboxylic acids is 1. The van der Waals surface area contributed by atoms with E-state index in [4.69, 9.17) is 5.73 Å². The Bertz CT molecular complexity index is 1200. The van der Waals surface area contributed by atoms with Gasteiger partial charge >= 0.3 is 0 Å². The van der Waals surface area contributed by atoms with Crippen molar-refractivity contribution in [1.82, 2.24) is 9.97 Å². The third kappa shape index (κ3) is 3.26. The number of benzene rings is 2. The molecule has 9 heteroatoms.